The van der Waals surface area contributed by atoms with Crippen LogP contribution in [0.5, 0.6) is 5.75 Å². The zero-order chi connectivity index (χ0) is 18.5. The van der Waals surface area contributed by atoms with Crippen LogP contribution < -0.4 is 10.5 Å². The van der Waals surface area contributed by atoms with Crippen LogP contribution in [-0.4, -0.2) is 33.5 Å². The molecule has 0 saturated carbocycles. The molecule has 0 aliphatic rings. The van der Waals surface area contributed by atoms with Crippen LogP contribution in [-0.2, 0) is 4.79 Å². The third-order valence-corrected chi connectivity index (χ3v) is 4.78. The molecule has 3 aromatic rings. The van der Waals surface area contributed by atoms with Gasteiger partial charge >= 0.3 is 0 Å². The van der Waals surface area contributed by atoms with E-state index in [1.165, 1.54) is 17.3 Å². The number of para-hydroxylation sites is 1. The Hall–Kier alpha value is -2.80. The Bertz CT molecular complexity index is 906. The van der Waals surface area contributed by atoms with Gasteiger partial charge in [-0.2, -0.15) is 0 Å². The van der Waals surface area contributed by atoms with Gasteiger partial charge in [-0.05, 0) is 31.2 Å². The summed E-state index contributed by atoms with van der Waals surface area (Å²) >= 11 is 1.45. The van der Waals surface area contributed by atoms with Crippen LogP contribution in [0.25, 0.3) is 17.1 Å². The Labute approximate surface area is 156 Å². The number of rotatable bonds is 7. The first kappa shape index (κ1) is 18.0. The van der Waals surface area contributed by atoms with Crippen molar-refractivity contribution in [3.63, 3.8) is 0 Å². The van der Waals surface area contributed by atoms with Gasteiger partial charge in [0.1, 0.15) is 5.75 Å². The van der Waals surface area contributed by atoms with Crippen LogP contribution in [0.15, 0.2) is 53.7 Å². The van der Waals surface area contributed by atoms with Crippen molar-refractivity contribution in [3.8, 4) is 22.8 Å². The fourth-order valence-corrected chi connectivity index (χ4v) is 3.44. The predicted molar refractivity (Wildman–Crippen MR) is 103 cm³/mol. The minimum atomic E-state index is -0.330. The van der Waals surface area contributed by atoms with Crippen molar-refractivity contribution >= 4 is 17.7 Å². The van der Waals surface area contributed by atoms with E-state index in [4.69, 9.17) is 10.5 Å². The summed E-state index contributed by atoms with van der Waals surface area (Å²) in [6.07, 6.45) is 0.287. The van der Waals surface area contributed by atoms with Gasteiger partial charge in [0.2, 0.25) is 5.91 Å². The molecule has 1 heterocycles. The van der Waals surface area contributed by atoms with E-state index in [9.17, 15) is 4.79 Å². The Kier molecular flexibility index (Phi) is 5.58. The van der Waals surface area contributed by atoms with Crippen LogP contribution >= 0.6 is 11.8 Å². The van der Waals surface area contributed by atoms with E-state index in [-0.39, 0.29) is 12.3 Å². The molecule has 0 radical (unpaired) electrons. The molecule has 0 unspecified atom stereocenters. The van der Waals surface area contributed by atoms with E-state index in [1.807, 2.05) is 60.0 Å². The van der Waals surface area contributed by atoms with Crippen molar-refractivity contribution in [2.45, 2.75) is 18.5 Å². The van der Waals surface area contributed by atoms with E-state index in [0.29, 0.717) is 16.7 Å². The summed E-state index contributed by atoms with van der Waals surface area (Å²) in [5.41, 5.74) is 8.21. The molecule has 1 amide bonds. The Morgan fingerprint density at radius 1 is 1.15 bits per heavy atom. The van der Waals surface area contributed by atoms with Crippen LogP contribution in [0, 0.1) is 6.92 Å². The lowest BCUT2D eigenvalue weighted by atomic mass is 10.1. The van der Waals surface area contributed by atoms with Crippen molar-refractivity contribution in [1.82, 2.24) is 14.8 Å². The third-order valence-electron chi connectivity index (χ3n) is 3.85. The summed E-state index contributed by atoms with van der Waals surface area (Å²) in [7, 11) is 1.63. The Balaban J connectivity index is 2.08. The number of nitrogens with two attached hydrogens (primary N) is 1. The first-order chi connectivity index (χ1) is 12.6. The van der Waals surface area contributed by atoms with Gasteiger partial charge < -0.3 is 10.5 Å². The number of methoxy groups -OCH3 is 1. The number of carbonyl (C=O) groups is 1. The molecule has 0 bridgehead atoms. The number of ether oxygens (including phenoxy) is 1. The van der Waals surface area contributed by atoms with Crippen molar-refractivity contribution in [2.75, 3.05) is 12.9 Å². The number of carbonyl (C=O) groups excluding carboxylic acids is 1. The number of benzene rings is 2. The number of nitrogens with zero attached hydrogens (tertiary/aromatic N) is 3. The fraction of sp³-hybridized carbons (Fsp3) is 0.211. The normalized spacial score (nSPS) is 10.7. The van der Waals surface area contributed by atoms with Crippen LogP contribution in [0.3, 0.4) is 0 Å². The fourth-order valence-electron chi connectivity index (χ4n) is 2.54. The molecule has 0 aliphatic carbocycles. The minimum Gasteiger partial charge on any atom is -0.496 e. The van der Waals surface area contributed by atoms with Gasteiger partial charge in [-0.1, -0.05) is 41.6 Å². The molecular weight excluding hydrogens is 348 g/mol. The third kappa shape index (κ3) is 3.88. The van der Waals surface area contributed by atoms with Gasteiger partial charge in [0, 0.05) is 17.9 Å². The summed E-state index contributed by atoms with van der Waals surface area (Å²) in [5, 5.41) is 9.42. The van der Waals surface area contributed by atoms with E-state index < -0.39 is 0 Å². The van der Waals surface area contributed by atoms with Gasteiger partial charge in [0.15, 0.2) is 11.0 Å². The van der Waals surface area contributed by atoms with Gasteiger partial charge in [-0.25, -0.2) is 0 Å². The first-order valence-corrected chi connectivity index (χ1v) is 9.15. The highest BCUT2D eigenvalue weighted by Crippen LogP contribution is 2.33. The molecule has 0 saturated heterocycles. The average molecular weight is 368 g/mol. The molecule has 26 heavy (non-hydrogen) atoms. The number of thioether (sulfide) groups is 1. The molecule has 1 aromatic heterocycles. The van der Waals surface area contributed by atoms with E-state index in [2.05, 4.69) is 10.2 Å². The lowest BCUT2D eigenvalue weighted by Gasteiger charge is -2.12. The molecule has 0 fully saturated rings. The molecule has 0 atom stereocenters. The van der Waals surface area contributed by atoms with Gasteiger partial charge in [-0.3, -0.25) is 9.36 Å². The molecule has 0 spiro atoms. The smallest absolute Gasteiger partial charge is 0.218 e. The number of amides is 1. The maximum atomic E-state index is 11.0. The Morgan fingerprint density at radius 2 is 1.88 bits per heavy atom. The Morgan fingerprint density at radius 3 is 2.58 bits per heavy atom. The summed E-state index contributed by atoms with van der Waals surface area (Å²) in [5.74, 6) is 1.63. The quantitative estimate of drug-likeness (QED) is 0.648. The highest BCUT2D eigenvalue weighted by molar-refractivity contribution is 7.99. The van der Waals surface area contributed by atoms with Gasteiger partial charge in [-0.15, -0.1) is 10.2 Å². The highest BCUT2D eigenvalue weighted by atomic mass is 32.2. The molecule has 6 nitrogen and oxygen atoms in total. The van der Waals surface area contributed by atoms with Crippen molar-refractivity contribution < 1.29 is 9.53 Å². The number of hydrogen-bond acceptors (Lipinski definition) is 5. The number of primary amides is 1. The summed E-state index contributed by atoms with van der Waals surface area (Å²) in [6, 6.07) is 15.8. The molecule has 2 aromatic carbocycles. The van der Waals surface area contributed by atoms with Crippen LogP contribution in [0.1, 0.15) is 12.0 Å². The summed E-state index contributed by atoms with van der Waals surface area (Å²) in [4.78, 5) is 11.0. The SMILES string of the molecule is COc1ccccc1-c1nnc(SCCC(N)=O)n1-c1ccc(C)cc1. The summed E-state index contributed by atoms with van der Waals surface area (Å²) < 4.78 is 7.46. The maximum Gasteiger partial charge on any atom is 0.218 e. The van der Waals surface area contributed by atoms with Gasteiger partial charge in [0.05, 0.1) is 12.7 Å². The molecule has 7 heteroatoms. The number of aromatic nitrogens is 3. The standard InChI is InChI=1S/C19H20N4O2S/c1-13-7-9-14(10-8-13)23-18(15-5-3-4-6-16(15)25-2)21-22-19(23)26-12-11-17(20)24/h3-10H,11-12H2,1-2H3,(H2,20,24). The van der Waals surface area contributed by atoms with Crippen molar-refractivity contribution in [1.29, 1.82) is 0 Å². The van der Waals surface area contributed by atoms with Crippen LogP contribution in [0.2, 0.25) is 0 Å². The van der Waals surface area contributed by atoms with Crippen LogP contribution in [0.4, 0.5) is 0 Å². The molecule has 3 rings (SSSR count). The number of aryl methyl sites for hydroxylation is 1. The second-order valence-electron chi connectivity index (χ2n) is 5.74. The molecule has 134 valence electrons. The van der Waals surface area contributed by atoms with Crippen molar-refractivity contribution in [3.05, 3.63) is 54.1 Å². The second kappa shape index (κ2) is 8.05. The maximum absolute atomic E-state index is 11.0. The monoisotopic (exact) mass is 368 g/mol. The highest BCUT2D eigenvalue weighted by Gasteiger charge is 2.18. The number of hydrogen-bond donors (Lipinski definition) is 1. The summed E-state index contributed by atoms with van der Waals surface area (Å²) in [6.45, 7) is 2.04. The molecule has 2 N–H and O–H groups in total. The average Bonchev–Trinajstić information content (AvgIpc) is 3.05. The van der Waals surface area contributed by atoms with Crippen molar-refractivity contribution in [2.24, 2.45) is 5.73 Å². The lowest BCUT2D eigenvalue weighted by Crippen LogP contribution is -2.11. The largest absolute Gasteiger partial charge is 0.496 e. The second-order valence-corrected chi connectivity index (χ2v) is 6.80. The van der Waals surface area contributed by atoms with Gasteiger partial charge in [0.25, 0.3) is 0 Å². The topological polar surface area (TPSA) is 83.0 Å². The molecule has 0 aliphatic heterocycles. The van der Waals surface area contributed by atoms with E-state index in [1.54, 1.807) is 7.11 Å². The zero-order valence-corrected chi connectivity index (χ0v) is 15.5. The predicted octanol–water partition coefficient (Wildman–Crippen LogP) is 3.22. The first-order valence-electron chi connectivity index (χ1n) is 8.17. The zero-order valence-electron chi connectivity index (χ0n) is 14.7. The minimum absolute atomic E-state index is 0.287. The molecular formula is C19H20N4O2S. The lowest BCUT2D eigenvalue weighted by molar-refractivity contribution is -0.117. The van der Waals surface area contributed by atoms with E-state index >= 15 is 0 Å². The van der Waals surface area contributed by atoms with E-state index in [0.717, 1.165) is 17.0 Å².